The Morgan fingerprint density at radius 1 is 1.00 bits per heavy atom. The first-order valence-electron chi connectivity index (χ1n) is 8.01. The van der Waals surface area contributed by atoms with E-state index in [1.807, 2.05) is 0 Å². The van der Waals surface area contributed by atoms with Crippen LogP contribution in [-0.4, -0.2) is 15.2 Å². The van der Waals surface area contributed by atoms with Crippen LogP contribution in [0.2, 0.25) is 0 Å². The third kappa shape index (κ3) is 2.25. The van der Waals surface area contributed by atoms with E-state index in [1.54, 1.807) is 0 Å². The quantitative estimate of drug-likeness (QED) is 0.779. The summed E-state index contributed by atoms with van der Waals surface area (Å²) in [6.45, 7) is 0. The maximum atomic E-state index is 6.06. The molecule has 0 saturated carbocycles. The third-order valence-corrected chi connectivity index (χ3v) is 4.63. The summed E-state index contributed by atoms with van der Waals surface area (Å²) < 4.78 is 0. The van der Waals surface area contributed by atoms with Crippen molar-refractivity contribution < 1.29 is 0 Å². The van der Waals surface area contributed by atoms with Crippen LogP contribution >= 0.6 is 0 Å². The Morgan fingerprint density at radius 2 is 1.77 bits per heavy atom. The van der Waals surface area contributed by atoms with Crippen molar-refractivity contribution in [3.63, 3.8) is 0 Å². The molecule has 0 amide bonds. The molecule has 3 aromatic rings. The molecule has 0 atom stereocenters. The van der Waals surface area contributed by atoms with E-state index < -0.39 is 0 Å². The molecule has 2 aromatic heterocycles. The van der Waals surface area contributed by atoms with Gasteiger partial charge in [0, 0.05) is 5.69 Å². The second-order valence-corrected chi connectivity index (χ2v) is 6.04. The van der Waals surface area contributed by atoms with Crippen molar-refractivity contribution in [2.75, 3.05) is 5.73 Å². The topological polar surface area (TPSA) is 67.6 Å². The van der Waals surface area contributed by atoms with Crippen LogP contribution in [0.4, 0.5) is 5.82 Å². The van der Waals surface area contributed by atoms with E-state index in [4.69, 9.17) is 10.7 Å². The van der Waals surface area contributed by atoms with Gasteiger partial charge in [-0.05, 0) is 55.2 Å². The van der Waals surface area contributed by atoms with E-state index in [9.17, 15) is 0 Å². The summed E-state index contributed by atoms with van der Waals surface area (Å²) in [5.41, 5.74) is 12.2. The van der Waals surface area contributed by atoms with Gasteiger partial charge in [-0.1, -0.05) is 30.3 Å². The maximum Gasteiger partial charge on any atom is 0.183 e. The second-order valence-electron chi connectivity index (χ2n) is 6.04. The summed E-state index contributed by atoms with van der Waals surface area (Å²) in [4.78, 5) is 4.80. The highest BCUT2D eigenvalue weighted by atomic mass is 15.2. The number of anilines is 1. The molecule has 3 N–H and O–H groups in total. The Labute approximate surface area is 129 Å². The second kappa shape index (κ2) is 5.44. The molecule has 0 spiro atoms. The molecule has 0 bridgehead atoms. The molecule has 0 saturated heterocycles. The predicted octanol–water partition coefficient (Wildman–Crippen LogP) is 3.20. The fraction of sp³-hybridized carbons (Fsp3) is 0.333. The number of aromatic nitrogens is 3. The van der Waals surface area contributed by atoms with Crippen molar-refractivity contribution in [3.8, 4) is 0 Å². The first-order chi connectivity index (χ1) is 10.8. The summed E-state index contributed by atoms with van der Waals surface area (Å²) in [5.74, 6) is 0.662. The lowest BCUT2D eigenvalue weighted by atomic mass is 9.87. The number of nitrogens with one attached hydrogen (secondary N) is 1. The molecule has 2 heterocycles. The lowest BCUT2D eigenvalue weighted by molar-refractivity contribution is 0.676. The predicted molar refractivity (Wildman–Crippen MR) is 88.8 cm³/mol. The number of rotatable bonds is 3. The van der Waals surface area contributed by atoms with Crippen LogP contribution in [0, 0.1) is 0 Å². The summed E-state index contributed by atoms with van der Waals surface area (Å²) in [7, 11) is 0. The van der Waals surface area contributed by atoms with Crippen LogP contribution in [0.3, 0.4) is 0 Å². The number of pyridine rings is 1. The zero-order chi connectivity index (χ0) is 14.9. The standard InChI is InChI=1S/C18H20N4/c19-17-16-14-9-5-4-8-13(14)15(20-18(16)22-21-17)11-10-12-6-2-1-3-7-12/h1-3,6-7H,4-5,8-11H2,(H3,19,20,21,22). The number of benzene rings is 1. The van der Waals surface area contributed by atoms with Crippen LogP contribution in [0.5, 0.6) is 0 Å². The summed E-state index contributed by atoms with van der Waals surface area (Å²) in [6, 6.07) is 10.6. The summed E-state index contributed by atoms with van der Waals surface area (Å²) in [5, 5.41) is 8.23. The first kappa shape index (κ1) is 13.3. The normalized spacial score (nSPS) is 14.2. The molecule has 0 unspecified atom stereocenters. The highest BCUT2D eigenvalue weighted by Crippen LogP contribution is 2.32. The third-order valence-electron chi connectivity index (χ3n) is 4.63. The molecule has 0 radical (unpaired) electrons. The maximum absolute atomic E-state index is 6.06. The molecule has 1 aliphatic carbocycles. The number of hydrogen-bond donors (Lipinski definition) is 2. The van der Waals surface area contributed by atoms with Gasteiger partial charge in [0.2, 0.25) is 0 Å². The van der Waals surface area contributed by atoms with Gasteiger partial charge in [0.15, 0.2) is 5.65 Å². The molecule has 1 aromatic carbocycles. The zero-order valence-electron chi connectivity index (χ0n) is 12.6. The average Bonchev–Trinajstić information content (AvgIpc) is 2.95. The summed E-state index contributed by atoms with van der Waals surface area (Å²) >= 11 is 0. The Kier molecular flexibility index (Phi) is 3.29. The number of aryl methyl sites for hydroxylation is 3. The van der Waals surface area contributed by atoms with Crippen molar-refractivity contribution in [2.24, 2.45) is 0 Å². The van der Waals surface area contributed by atoms with Gasteiger partial charge in [-0.3, -0.25) is 5.10 Å². The number of nitrogen functional groups attached to an aromatic ring is 1. The number of nitrogens with two attached hydrogens (primary N) is 1. The minimum absolute atomic E-state index is 0.662. The zero-order valence-corrected chi connectivity index (χ0v) is 12.6. The van der Waals surface area contributed by atoms with Gasteiger partial charge in [0.05, 0.1) is 5.39 Å². The average molecular weight is 292 g/mol. The van der Waals surface area contributed by atoms with Gasteiger partial charge < -0.3 is 5.73 Å². The molecule has 0 aliphatic heterocycles. The lowest BCUT2D eigenvalue weighted by Gasteiger charge is -2.19. The SMILES string of the molecule is Nc1[nH]nc2nc(CCc3ccccc3)c3c(c12)CCCC3. The highest BCUT2D eigenvalue weighted by molar-refractivity contribution is 5.90. The van der Waals surface area contributed by atoms with Crippen molar-refractivity contribution in [2.45, 2.75) is 38.5 Å². The van der Waals surface area contributed by atoms with E-state index in [2.05, 4.69) is 40.5 Å². The van der Waals surface area contributed by atoms with Crippen LogP contribution in [-0.2, 0) is 25.7 Å². The van der Waals surface area contributed by atoms with Crippen LogP contribution < -0.4 is 5.73 Å². The van der Waals surface area contributed by atoms with Gasteiger partial charge in [0.25, 0.3) is 0 Å². The van der Waals surface area contributed by atoms with Gasteiger partial charge >= 0.3 is 0 Å². The van der Waals surface area contributed by atoms with Crippen LogP contribution in [0.25, 0.3) is 11.0 Å². The number of hydrogen-bond acceptors (Lipinski definition) is 3. The Balaban J connectivity index is 1.74. The number of fused-ring (bicyclic) bond motifs is 3. The largest absolute Gasteiger partial charge is 0.384 e. The Bertz CT molecular complexity index is 805. The molecular formula is C18H20N4. The number of nitrogens with zero attached hydrogens (tertiary/aromatic N) is 2. The van der Waals surface area contributed by atoms with Gasteiger partial charge in [-0.25, -0.2) is 4.98 Å². The van der Waals surface area contributed by atoms with Crippen molar-refractivity contribution in [1.29, 1.82) is 0 Å². The van der Waals surface area contributed by atoms with Crippen LogP contribution in [0.15, 0.2) is 30.3 Å². The van der Waals surface area contributed by atoms with Gasteiger partial charge in [-0.2, -0.15) is 5.10 Å². The molecule has 22 heavy (non-hydrogen) atoms. The molecule has 112 valence electrons. The fourth-order valence-electron chi connectivity index (χ4n) is 3.53. The molecule has 1 aliphatic rings. The minimum Gasteiger partial charge on any atom is -0.384 e. The number of H-pyrrole nitrogens is 1. The number of aromatic amines is 1. The van der Waals surface area contributed by atoms with Crippen molar-refractivity contribution in [3.05, 3.63) is 52.7 Å². The molecule has 4 rings (SSSR count). The van der Waals surface area contributed by atoms with E-state index in [1.165, 1.54) is 35.2 Å². The molecular weight excluding hydrogens is 272 g/mol. The Hall–Kier alpha value is -2.36. The van der Waals surface area contributed by atoms with Crippen molar-refractivity contribution >= 4 is 16.9 Å². The monoisotopic (exact) mass is 292 g/mol. The fourth-order valence-corrected chi connectivity index (χ4v) is 3.53. The smallest absolute Gasteiger partial charge is 0.183 e. The molecule has 0 fully saturated rings. The highest BCUT2D eigenvalue weighted by Gasteiger charge is 2.21. The van der Waals surface area contributed by atoms with Gasteiger partial charge in [0.1, 0.15) is 5.82 Å². The Morgan fingerprint density at radius 3 is 2.59 bits per heavy atom. The van der Waals surface area contributed by atoms with Crippen molar-refractivity contribution in [1.82, 2.24) is 15.2 Å². The van der Waals surface area contributed by atoms with E-state index in [-0.39, 0.29) is 0 Å². The lowest BCUT2D eigenvalue weighted by Crippen LogP contribution is -2.10. The van der Waals surface area contributed by atoms with Crippen LogP contribution in [0.1, 0.15) is 35.2 Å². The van der Waals surface area contributed by atoms with E-state index >= 15 is 0 Å². The van der Waals surface area contributed by atoms with E-state index in [0.717, 1.165) is 36.7 Å². The molecule has 4 heteroatoms. The summed E-state index contributed by atoms with van der Waals surface area (Å²) in [6.07, 6.45) is 6.68. The first-order valence-corrected chi connectivity index (χ1v) is 8.01. The molecule has 4 nitrogen and oxygen atoms in total. The van der Waals surface area contributed by atoms with E-state index in [0.29, 0.717) is 5.82 Å². The minimum atomic E-state index is 0.662. The van der Waals surface area contributed by atoms with Gasteiger partial charge in [-0.15, -0.1) is 0 Å².